The second kappa shape index (κ2) is 22.4. The SMILES string of the molecule is [Ir+3].[c-]1cc(-c2ccccc2-c2cc(-c3ccccc3-c3c[c-]c(-c4ccccn4)cc3)cc(-c3ccccc3-c3c[c-]c4c(ccc5c(-c6ccccc6)ccnc54)c3-c3ccc(-c4ccccc4)cc3)c2)ccc1-c1ccccn1. The number of aromatic nitrogens is 3. The molecule has 81 heavy (non-hydrogen) atoms. The van der Waals surface area contributed by atoms with Crippen molar-refractivity contribution in [1.29, 1.82) is 0 Å². The Labute approximate surface area is 486 Å². The van der Waals surface area contributed by atoms with Gasteiger partial charge in [0.05, 0.1) is 0 Å². The van der Waals surface area contributed by atoms with Crippen LogP contribution in [-0.4, -0.2) is 15.0 Å². The Kier molecular flexibility index (Phi) is 14.0. The van der Waals surface area contributed by atoms with Crippen molar-refractivity contribution in [3.63, 3.8) is 0 Å². The smallest absolute Gasteiger partial charge is 0.305 e. The van der Waals surface area contributed by atoms with Gasteiger partial charge in [0.2, 0.25) is 0 Å². The summed E-state index contributed by atoms with van der Waals surface area (Å²) in [6.45, 7) is 0. The van der Waals surface area contributed by atoms with Gasteiger partial charge in [-0.25, -0.2) is 0 Å². The van der Waals surface area contributed by atoms with Crippen LogP contribution in [0.15, 0.2) is 292 Å². The molecule has 0 fully saturated rings. The van der Waals surface area contributed by atoms with Crippen LogP contribution in [-0.2, 0) is 20.1 Å². The third-order valence-electron chi connectivity index (χ3n) is 15.2. The van der Waals surface area contributed by atoms with E-state index in [4.69, 9.17) is 4.98 Å². The fraction of sp³-hybridized carbons (Fsp3) is 0. The fourth-order valence-corrected chi connectivity index (χ4v) is 11.4. The van der Waals surface area contributed by atoms with Crippen molar-refractivity contribution in [3.05, 3.63) is 310 Å². The van der Waals surface area contributed by atoms with Gasteiger partial charge in [0.25, 0.3) is 0 Å². The first kappa shape index (κ1) is 50.5. The van der Waals surface area contributed by atoms with Gasteiger partial charge in [-0.1, -0.05) is 238 Å². The van der Waals surface area contributed by atoms with Gasteiger partial charge < -0.3 is 15.0 Å². The van der Waals surface area contributed by atoms with Crippen LogP contribution in [0.5, 0.6) is 0 Å². The maximum atomic E-state index is 5.08. The number of pyridine rings is 3. The molecule has 0 saturated carbocycles. The maximum Gasteiger partial charge on any atom is 3.00 e. The monoisotopic (exact) mass is 1210 g/mol. The fourth-order valence-electron chi connectivity index (χ4n) is 11.4. The minimum Gasteiger partial charge on any atom is -0.305 e. The third-order valence-corrected chi connectivity index (χ3v) is 15.2. The van der Waals surface area contributed by atoms with E-state index >= 15 is 0 Å². The van der Waals surface area contributed by atoms with Crippen LogP contribution >= 0.6 is 0 Å². The van der Waals surface area contributed by atoms with E-state index in [9.17, 15) is 0 Å². The predicted octanol–water partition coefficient (Wildman–Crippen LogP) is 19.9. The van der Waals surface area contributed by atoms with Crippen molar-refractivity contribution >= 4 is 21.7 Å². The molecule has 14 rings (SSSR count). The molecule has 0 aliphatic rings. The van der Waals surface area contributed by atoms with Gasteiger partial charge in [-0.3, -0.25) is 0 Å². The summed E-state index contributed by atoms with van der Waals surface area (Å²) in [4.78, 5) is 14.3. The quantitative estimate of drug-likeness (QED) is 0.0957. The summed E-state index contributed by atoms with van der Waals surface area (Å²) in [6.07, 6.45) is 5.58. The van der Waals surface area contributed by atoms with Crippen molar-refractivity contribution in [2.45, 2.75) is 0 Å². The van der Waals surface area contributed by atoms with E-state index in [1.54, 1.807) is 0 Å². The number of hydrogen-bond acceptors (Lipinski definition) is 3. The first-order valence-corrected chi connectivity index (χ1v) is 27.0. The summed E-state index contributed by atoms with van der Waals surface area (Å²) in [6, 6.07) is 108. The Morgan fingerprint density at radius 2 is 0.679 bits per heavy atom. The van der Waals surface area contributed by atoms with Crippen LogP contribution in [0.3, 0.4) is 0 Å². The molecule has 3 aromatic heterocycles. The average Bonchev–Trinajstić information content (AvgIpc) is 3.74. The first-order valence-electron chi connectivity index (χ1n) is 27.0. The summed E-state index contributed by atoms with van der Waals surface area (Å²) in [5.74, 6) is 0. The van der Waals surface area contributed by atoms with Gasteiger partial charge in [-0.2, -0.15) is 0 Å². The van der Waals surface area contributed by atoms with Crippen LogP contribution in [0, 0.1) is 18.2 Å². The number of benzene rings is 11. The van der Waals surface area contributed by atoms with Crippen LogP contribution in [0.25, 0.3) is 144 Å². The zero-order valence-corrected chi connectivity index (χ0v) is 46.3. The van der Waals surface area contributed by atoms with E-state index < -0.39 is 0 Å². The van der Waals surface area contributed by atoms with Crippen molar-refractivity contribution < 1.29 is 20.1 Å². The largest absolute Gasteiger partial charge is 3.00 e. The summed E-state index contributed by atoms with van der Waals surface area (Å²) in [7, 11) is 0. The second-order valence-electron chi connectivity index (χ2n) is 20.0. The molecule has 3 nitrogen and oxygen atoms in total. The molecule has 0 amide bonds. The summed E-state index contributed by atoms with van der Waals surface area (Å²) >= 11 is 0. The molecular weight excluding hydrogens is 1160 g/mol. The van der Waals surface area contributed by atoms with Gasteiger partial charge in [0.1, 0.15) is 0 Å². The molecule has 0 bridgehead atoms. The van der Waals surface area contributed by atoms with Crippen LogP contribution in [0.4, 0.5) is 0 Å². The first-order chi connectivity index (χ1) is 39.7. The molecule has 3 heterocycles. The van der Waals surface area contributed by atoms with Crippen molar-refractivity contribution in [3.8, 4) is 123 Å². The predicted molar refractivity (Wildman–Crippen MR) is 331 cm³/mol. The van der Waals surface area contributed by atoms with E-state index in [1.165, 1.54) is 5.56 Å². The van der Waals surface area contributed by atoms with E-state index in [2.05, 4.69) is 265 Å². The number of nitrogens with zero attached hydrogens (tertiary/aromatic N) is 3. The van der Waals surface area contributed by atoms with Gasteiger partial charge >= 0.3 is 20.1 Å². The zero-order valence-electron chi connectivity index (χ0n) is 43.9. The number of fused-ring (bicyclic) bond motifs is 3. The molecule has 380 valence electrons. The molecule has 0 aliphatic heterocycles. The number of rotatable bonds is 11. The molecule has 0 saturated heterocycles. The van der Waals surface area contributed by atoms with Gasteiger partial charge in [-0.05, 0) is 120 Å². The Balaban J connectivity index is 0.00000618. The normalized spacial score (nSPS) is 11.1. The topological polar surface area (TPSA) is 38.7 Å². The Morgan fingerprint density at radius 3 is 1.19 bits per heavy atom. The van der Waals surface area contributed by atoms with Gasteiger partial charge in [-0.15, -0.1) is 77.2 Å². The zero-order chi connectivity index (χ0) is 53.2. The van der Waals surface area contributed by atoms with Gasteiger partial charge in [0, 0.05) is 18.6 Å². The van der Waals surface area contributed by atoms with Crippen LogP contribution in [0.1, 0.15) is 0 Å². The minimum atomic E-state index is 0. The molecule has 14 aromatic rings. The third kappa shape index (κ3) is 9.89. The Bertz CT molecular complexity index is 4380. The van der Waals surface area contributed by atoms with E-state index in [-0.39, 0.29) is 20.1 Å². The number of hydrogen-bond donors (Lipinski definition) is 0. The molecule has 0 radical (unpaired) electrons. The molecule has 0 spiro atoms. The van der Waals surface area contributed by atoms with E-state index in [1.807, 2.05) is 55.0 Å². The van der Waals surface area contributed by atoms with E-state index in [0.717, 1.165) is 139 Å². The molecule has 0 aliphatic carbocycles. The second-order valence-corrected chi connectivity index (χ2v) is 20.0. The molecule has 0 unspecified atom stereocenters. The Morgan fingerprint density at radius 1 is 0.247 bits per heavy atom. The standard InChI is InChI=1S/C77H48N3.Ir/c1-3-17-52(18-4-1)53-29-39-59(40-30-53)76-70(41-44-73-71(76)42-43-72-68(45-48-80-77(72)73)54-19-5-2-6-20-54)69-26-12-11-25-67(69)62-50-60(65-23-9-7-21-63(65)55-31-35-57(36-32-55)74-27-13-15-46-78-74)49-61(51-62)66-24-10-8-22-64(66)56-33-37-58(38-34-56)75-28-14-16-47-79-75;/h1-35,37,39-43,45-51H;/q-3;+3. The maximum absolute atomic E-state index is 5.08. The van der Waals surface area contributed by atoms with Crippen molar-refractivity contribution in [1.82, 2.24) is 15.0 Å². The summed E-state index contributed by atoms with van der Waals surface area (Å²) < 4.78 is 0. The molecule has 11 aromatic carbocycles. The molecular formula is C77H48IrN3. The van der Waals surface area contributed by atoms with Crippen molar-refractivity contribution in [2.75, 3.05) is 0 Å². The van der Waals surface area contributed by atoms with Crippen molar-refractivity contribution in [2.24, 2.45) is 0 Å². The average molecular weight is 1210 g/mol. The van der Waals surface area contributed by atoms with E-state index in [0.29, 0.717) is 0 Å². The minimum absolute atomic E-state index is 0. The molecule has 0 N–H and O–H groups in total. The summed E-state index contributed by atoms with van der Waals surface area (Å²) in [5, 5.41) is 3.16. The molecule has 4 heteroatoms. The van der Waals surface area contributed by atoms with Crippen LogP contribution in [0.2, 0.25) is 0 Å². The van der Waals surface area contributed by atoms with Gasteiger partial charge in [0.15, 0.2) is 0 Å². The van der Waals surface area contributed by atoms with Crippen LogP contribution < -0.4 is 0 Å². The Hall–Kier alpha value is -9.96. The molecule has 0 atom stereocenters. The summed E-state index contributed by atoms with van der Waals surface area (Å²) in [5.41, 5.74) is 24.7.